The zero-order chi connectivity index (χ0) is 18.2. The fourth-order valence-corrected chi connectivity index (χ4v) is 2.83. The molecule has 1 aliphatic rings. The average Bonchev–Trinajstić information content (AvgIpc) is 3.23. The highest BCUT2D eigenvalue weighted by atomic mass is 19.4. The summed E-state index contributed by atoms with van der Waals surface area (Å²) in [6.45, 7) is 0.333. The summed E-state index contributed by atoms with van der Waals surface area (Å²) in [5.41, 5.74) is -0.545. The van der Waals surface area contributed by atoms with Gasteiger partial charge in [-0.15, -0.1) is 0 Å². The highest BCUT2D eigenvalue weighted by Gasteiger charge is 2.35. The molecule has 3 rings (SSSR count). The van der Waals surface area contributed by atoms with E-state index in [-0.39, 0.29) is 11.3 Å². The van der Waals surface area contributed by atoms with Crippen LogP contribution in [-0.2, 0) is 11.0 Å². The van der Waals surface area contributed by atoms with Crippen LogP contribution in [0.4, 0.5) is 13.2 Å². The number of nitrogens with zero attached hydrogens (tertiary/aromatic N) is 3. The number of hydrogen-bond acceptors (Lipinski definition) is 3. The van der Waals surface area contributed by atoms with Crippen molar-refractivity contribution in [1.82, 2.24) is 14.7 Å². The van der Waals surface area contributed by atoms with Gasteiger partial charge in [-0.2, -0.15) is 18.3 Å². The summed E-state index contributed by atoms with van der Waals surface area (Å²) in [6.07, 6.45) is -2.42. The van der Waals surface area contributed by atoms with Crippen molar-refractivity contribution in [1.29, 1.82) is 0 Å². The van der Waals surface area contributed by atoms with Crippen molar-refractivity contribution >= 4 is 11.9 Å². The summed E-state index contributed by atoms with van der Waals surface area (Å²) in [4.78, 5) is 25.1. The third-order valence-electron chi connectivity index (χ3n) is 4.04. The second-order valence-electron chi connectivity index (χ2n) is 5.69. The first-order chi connectivity index (χ1) is 11.8. The van der Waals surface area contributed by atoms with E-state index in [1.165, 1.54) is 29.2 Å². The minimum absolute atomic E-state index is 0.203. The second-order valence-corrected chi connectivity index (χ2v) is 5.69. The Morgan fingerprint density at radius 3 is 2.64 bits per heavy atom. The van der Waals surface area contributed by atoms with E-state index in [9.17, 15) is 27.9 Å². The monoisotopic (exact) mass is 353 g/mol. The van der Waals surface area contributed by atoms with Crippen LogP contribution in [0.25, 0.3) is 5.69 Å². The summed E-state index contributed by atoms with van der Waals surface area (Å²) in [5, 5.41) is 12.6. The van der Waals surface area contributed by atoms with Gasteiger partial charge >= 0.3 is 12.1 Å². The Morgan fingerprint density at radius 1 is 1.24 bits per heavy atom. The van der Waals surface area contributed by atoms with Crippen LogP contribution < -0.4 is 0 Å². The fraction of sp³-hybridized carbons (Fsp3) is 0.312. The average molecular weight is 353 g/mol. The molecule has 1 saturated heterocycles. The molecule has 0 aliphatic carbocycles. The van der Waals surface area contributed by atoms with Gasteiger partial charge in [0, 0.05) is 18.3 Å². The Labute approximate surface area is 140 Å². The van der Waals surface area contributed by atoms with Gasteiger partial charge in [-0.3, -0.25) is 4.79 Å². The summed E-state index contributed by atoms with van der Waals surface area (Å²) in [6, 6.07) is 5.89. The molecule has 132 valence electrons. The normalized spacial score (nSPS) is 17.7. The molecule has 6 nitrogen and oxygen atoms in total. The van der Waals surface area contributed by atoms with E-state index in [0.717, 1.165) is 16.9 Å². The predicted octanol–water partition coefficient (Wildman–Crippen LogP) is 2.58. The second kappa shape index (κ2) is 6.23. The van der Waals surface area contributed by atoms with E-state index in [1.54, 1.807) is 0 Å². The minimum atomic E-state index is -4.55. The largest absolute Gasteiger partial charge is 0.480 e. The summed E-state index contributed by atoms with van der Waals surface area (Å²) in [7, 11) is 0. The number of aromatic nitrogens is 2. The Hall–Kier alpha value is -2.84. The number of aliphatic carboxylic acids is 1. The van der Waals surface area contributed by atoms with Crippen LogP contribution in [0.2, 0.25) is 0 Å². The molecule has 1 fully saturated rings. The Balaban J connectivity index is 1.88. The highest BCUT2D eigenvalue weighted by Crippen LogP contribution is 2.28. The third kappa shape index (κ3) is 3.35. The van der Waals surface area contributed by atoms with Crippen molar-refractivity contribution in [2.45, 2.75) is 25.1 Å². The fourth-order valence-electron chi connectivity index (χ4n) is 2.83. The van der Waals surface area contributed by atoms with Gasteiger partial charge in [-0.1, -0.05) is 6.07 Å². The lowest BCUT2D eigenvalue weighted by molar-refractivity contribution is -0.142. The molecule has 9 heteroatoms. The SMILES string of the molecule is O=C(O)[C@H]1CCCN1C(=O)c1cccc(-n2ccc(C(F)(F)F)n2)c1. The van der Waals surface area contributed by atoms with Crippen LogP contribution in [0, 0.1) is 0 Å². The molecule has 1 amide bonds. The molecule has 25 heavy (non-hydrogen) atoms. The maximum atomic E-state index is 12.7. The number of rotatable bonds is 3. The highest BCUT2D eigenvalue weighted by molar-refractivity contribution is 5.97. The molecule has 1 aromatic carbocycles. The van der Waals surface area contributed by atoms with Crippen molar-refractivity contribution in [2.24, 2.45) is 0 Å². The summed E-state index contributed by atoms with van der Waals surface area (Å²) >= 11 is 0. The number of benzene rings is 1. The number of halogens is 3. The number of likely N-dealkylation sites (tertiary alicyclic amines) is 1. The van der Waals surface area contributed by atoms with Gasteiger partial charge in [0.15, 0.2) is 5.69 Å². The minimum Gasteiger partial charge on any atom is -0.480 e. The van der Waals surface area contributed by atoms with Gasteiger partial charge in [0.05, 0.1) is 5.69 Å². The number of alkyl halides is 3. The van der Waals surface area contributed by atoms with E-state index in [0.29, 0.717) is 19.4 Å². The zero-order valence-electron chi connectivity index (χ0n) is 12.9. The Kier molecular flexibility index (Phi) is 4.23. The lowest BCUT2D eigenvalue weighted by Gasteiger charge is -2.21. The molecule has 0 bridgehead atoms. The molecule has 0 spiro atoms. The number of carboxylic acids is 1. The topological polar surface area (TPSA) is 75.4 Å². The maximum Gasteiger partial charge on any atom is 0.435 e. The first-order valence-electron chi connectivity index (χ1n) is 7.54. The lowest BCUT2D eigenvalue weighted by atomic mass is 10.1. The van der Waals surface area contributed by atoms with Gasteiger partial charge in [0.2, 0.25) is 0 Å². The maximum absolute atomic E-state index is 12.7. The number of carbonyl (C=O) groups excluding carboxylic acids is 1. The molecule has 2 aromatic rings. The number of carboxylic acid groups (broad SMARTS) is 1. The number of hydrogen-bond donors (Lipinski definition) is 1. The Bertz CT molecular complexity index is 816. The first-order valence-corrected chi connectivity index (χ1v) is 7.54. The van der Waals surface area contributed by atoms with Crippen LogP contribution in [0.15, 0.2) is 36.5 Å². The zero-order valence-corrected chi connectivity index (χ0v) is 12.9. The van der Waals surface area contributed by atoms with Gasteiger partial charge in [0.1, 0.15) is 6.04 Å². The van der Waals surface area contributed by atoms with Gasteiger partial charge in [-0.05, 0) is 37.1 Å². The molecular weight excluding hydrogens is 339 g/mol. The lowest BCUT2D eigenvalue weighted by Crippen LogP contribution is -2.40. The van der Waals surface area contributed by atoms with E-state index < -0.39 is 29.8 Å². The number of amides is 1. The van der Waals surface area contributed by atoms with Crippen molar-refractivity contribution in [2.75, 3.05) is 6.54 Å². The van der Waals surface area contributed by atoms with Crippen molar-refractivity contribution < 1.29 is 27.9 Å². The standard InChI is InChI=1S/C16H14F3N3O3/c17-16(18,19)13-6-8-22(20-13)11-4-1-3-10(9-11)14(23)21-7-2-5-12(21)15(24)25/h1,3-4,6,8-9,12H,2,5,7H2,(H,24,25)/t12-/m1/s1. The summed E-state index contributed by atoms with van der Waals surface area (Å²) < 4.78 is 39.0. The van der Waals surface area contributed by atoms with Crippen molar-refractivity contribution in [3.8, 4) is 5.69 Å². The third-order valence-corrected chi connectivity index (χ3v) is 4.04. The molecule has 0 radical (unpaired) electrons. The van der Waals surface area contributed by atoms with Gasteiger partial charge in [-0.25, -0.2) is 9.48 Å². The molecule has 1 atom stereocenters. The van der Waals surface area contributed by atoms with E-state index in [4.69, 9.17) is 0 Å². The van der Waals surface area contributed by atoms with Crippen LogP contribution in [-0.4, -0.2) is 44.3 Å². The summed E-state index contributed by atoms with van der Waals surface area (Å²) in [5.74, 6) is -1.53. The van der Waals surface area contributed by atoms with Crippen molar-refractivity contribution in [3.63, 3.8) is 0 Å². The van der Waals surface area contributed by atoms with E-state index >= 15 is 0 Å². The molecular formula is C16H14F3N3O3. The van der Waals surface area contributed by atoms with Crippen LogP contribution in [0.3, 0.4) is 0 Å². The van der Waals surface area contributed by atoms with Crippen LogP contribution in [0.1, 0.15) is 28.9 Å². The van der Waals surface area contributed by atoms with Crippen LogP contribution in [0.5, 0.6) is 0 Å². The molecule has 1 N–H and O–H groups in total. The van der Waals surface area contributed by atoms with Crippen molar-refractivity contribution in [3.05, 3.63) is 47.8 Å². The molecule has 0 saturated carbocycles. The van der Waals surface area contributed by atoms with E-state index in [1.807, 2.05) is 0 Å². The first kappa shape index (κ1) is 17.0. The van der Waals surface area contributed by atoms with Gasteiger partial charge < -0.3 is 10.0 Å². The number of carbonyl (C=O) groups is 2. The smallest absolute Gasteiger partial charge is 0.435 e. The van der Waals surface area contributed by atoms with E-state index in [2.05, 4.69) is 5.10 Å². The molecule has 1 aliphatic heterocycles. The van der Waals surface area contributed by atoms with Gasteiger partial charge in [0.25, 0.3) is 5.91 Å². The molecule has 2 heterocycles. The Morgan fingerprint density at radius 2 is 2.00 bits per heavy atom. The molecule has 1 aromatic heterocycles. The molecule has 0 unspecified atom stereocenters. The predicted molar refractivity (Wildman–Crippen MR) is 80.3 cm³/mol. The van der Waals surface area contributed by atoms with Crippen LogP contribution >= 0.6 is 0 Å². The quantitative estimate of drug-likeness (QED) is 0.920.